The van der Waals surface area contributed by atoms with Crippen molar-refractivity contribution in [2.45, 2.75) is 32.4 Å². The van der Waals surface area contributed by atoms with E-state index in [-0.39, 0.29) is 18.0 Å². The van der Waals surface area contributed by atoms with Gasteiger partial charge in [0.15, 0.2) is 0 Å². The second-order valence-corrected chi connectivity index (χ2v) is 5.48. The molecule has 0 bridgehead atoms. The quantitative estimate of drug-likeness (QED) is 0.944. The van der Waals surface area contributed by atoms with Crippen molar-refractivity contribution in [3.63, 3.8) is 0 Å². The molecule has 0 saturated heterocycles. The van der Waals surface area contributed by atoms with Crippen LogP contribution in [0.25, 0.3) is 0 Å². The Balaban J connectivity index is 1.98. The number of hydrogen-bond donors (Lipinski definition) is 1. The summed E-state index contributed by atoms with van der Waals surface area (Å²) < 4.78 is 21.3. The number of hydrogen-bond acceptors (Lipinski definition) is 3. The lowest BCUT2D eigenvalue weighted by molar-refractivity contribution is 0.150. The van der Waals surface area contributed by atoms with Crippen molar-refractivity contribution in [1.82, 2.24) is 15.1 Å². The zero-order valence-electron chi connectivity index (χ0n) is 12.6. The number of nitrogens with zero attached hydrogens (tertiary/aromatic N) is 2. The Hall–Kier alpha value is -1.88. The van der Waals surface area contributed by atoms with Crippen molar-refractivity contribution in [3.8, 4) is 5.75 Å². The van der Waals surface area contributed by atoms with Gasteiger partial charge in [0, 0.05) is 42.9 Å². The topological polar surface area (TPSA) is 39.1 Å². The summed E-state index contributed by atoms with van der Waals surface area (Å²) in [5.74, 6) is 0.355. The number of nitrogens with one attached hydrogen (secondary N) is 1. The van der Waals surface area contributed by atoms with Gasteiger partial charge >= 0.3 is 0 Å². The molecule has 1 aromatic carbocycles. The lowest BCUT2D eigenvalue weighted by atomic mass is 9.93. The maximum absolute atomic E-state index is 13.5. The minimum Gasteiger partial charge on any atom is -0.485 e. The van der Waals surface area contributed by atoms with Crippen LogP contribution in [0.5, 0.6) is 5.75 Å². The molecule has 0 spiro atoms. The monoisotopic (exact) mass is 289 g/mol. The van der Waals surface area contributed by atoms with Gasteiger partial charge in [-0.15, -0.1) is 0 Å². The zero-order chi connectivity index (χ0) is 15.0. The van der Waals surface area contributed by atoms with Gasteiger partial charge in [0.25, 0.3) is 0 Å². The van der Waals surface area contributed by atoms with Crippen LogP contribution in [-0.2, 0) is 7.05 Å². The number of rotatable bonds is 3. The first-order valence-corrected chi connectivity index (χ1v) is 7.28. The largest absolute Gasteiger partial charge is 0.485 e. The first-order valence-electron chi connectivity index (χ1n) is 7.28. The van der Waals surface area contributed by atoms with Crippen LogP contribution in [0.1, 0.15) is 42.3 Å². The predicted octanol–water partition coefficient (Wildman–Crippen LogP) is 3.04. The third kappa shape index (κ3) is 2.65. The van der Waals surface area contributed by atoms with Gasteiger partial charge in [-0.3, -0.25) is 4.68 Å². The van der Waals surface area contributed by atoms with Crippen molar-refractivity contribution in [1.29, 1.82) is 0 Å². The van der Waals surface area contributed by atoms with E-state index in [1.165, 1.54) is 12.1 Å². The van der Waals surface area contributed by atoms with Gasteiger partial charge in [-0.1, -0.05) is 13.0 Å². The molecule has 112 valence electrons. The number of aryl methyl sites for hydroxylation is 2. The van der Waals surface area contributed by atoms with Crippen LogP contribution in [0, 0.1) is 12.7 Å². The van der Waals surface area contributed by atoms with Crippen LogP contribution in [0.2, 0.25) is 0 Å². The van der Waals surface area contributed by atoms with Crippen LogP contribution in [0.15, 0.2) is 24.4 Å². The van der Waals surface area contributed by atoms with Crippen LogP contribution in [0.4, 0.5) is 4.39 Å². The lowest BCUT2D eigenvalue weighted by Crippen LogP contribution is -2.29. The Labute approximate surface area is 123 Å². The summed E-state index contributed by atoms with van der Waals surface area (Å²) >= 11 is 0. The molecule has 1 aliphatic rings. The Bertz CT molecular complexity index is 653. The minimum absolute atomic E-state index is 0.1000. The third-order valence-corrected chi connectivity index (χ3v) is 3.92. The molecule has 0 aliphatic carbocycles. The Kier molecular flexibility index (Phi) is 3.68. The van der Waals surface area contributed by atoms with Gasteiger partial charge in [0.05, 0.1) is 5.69 Å². The van der Waals surface area contributed by atoms with Gasteiger partial charge in [0.1, 0.15) is 17.7 Å². The first-order chi connectivity index (χ1) is 10.1. The van der Waals surface area contributed by atoms with E-state index < -0.39 is 0 Å². The molecule has 0 saturated carbocycles. The van der Waals surface area contributed by atoms with Crippen LogP contribution in [-0.4, -0.2) is 16.3 Å². The average molecular weight is 289 g/mol. The van der Waals surface area contributed by atoms with Crippen molar-refractivity contribution in [2.24, 2.45) is 7.05 Å². The highest BCUT2D eigenvalue weighted by atomic mass is 19.1. The maximum Gasteiger partial charge on any atom is 0.129 e. The molecule has 0 fully saturated rings. The highest BCUT2D eigenvalue weighted by Gasteiger charge is 2.30. The Morgan fingerprint density at radius 2 is 2.24 bits per heavy atom. The highest BCUT2D eigenvalue weighted by molar-refractivity contribution is 5.40. The lowest BCUT2D eigenvalue weighted by Gasteiger charge is -2.32. The predicted molar refractivity (Wildman–Crippen MR) is 78.7 cm³/mol. The molecule has 2 aromatic rings. The van der Waals surface area contributed by atoms with E-state index in [0.717, 1.165) is 29.8 Å². The van der Waals surface area contributed by atoms with E-state index >= 15 is 0 Å². The molecule has 0 radical (unpaired) electrons. The molecule has 0 amide bonds. The summed E-state index contributed by atoms with van der Waals surface area (Å²) in [6.07, 6.45) is 2.70. The molecular formula is C16H20FN3O. The fourth-order valence-corrected chi connectivity index (χ4v) is 3.00. The summed E-state index contributed by atoms with van der Waals surface area (Å²) in [5, 5.41) is 7.83. The minimum atomic E-state index is -0.271. The van der Waals surface area contributed by atoms with E-state index in [9.17, 15) is 4.39 Å². The van der Waals surface area contributed by atoms with Crippen LogP contribution in [0.3, 0.4) is 0 Å². The fraction of sp³-hybridized carbons (Fsp3) is 0.438. The molecule has 21 heavy (non-hydrogen) atoms. The van der Waals surface area contributed by atoms with Gasteiger partial charge < -0.3 is 10.1 Å². The molecule has 2 unspecified atom stereocenters. The van der Waals surface area contributed by atoms with Gasteiger partial charge in [-0.05, 0) is 19.5 Å². The second kappa shape index (κ2) is 5.48. The van der Waals surface area contributed by atoms with E-state index in [2.05, 4.69) is 17.3 Å². The maximum atomic E-state index is 13.5. The summed E-state index contributed by atoms with van der Waals surface area (Å²) in [4.78, 5) is 0. The normalized spacial score (nSPS) is 21.0. The molecule has 2 atom stereocenters. The Morgan fingerprint density at radius 1 is 1.43 bits per heavy atom. The van der Waals surface area contributed by atoms with E-state index in [4.69, 9.17) is 4.74 Å². The van der Waals surface area contributed by atoms with Crippen molar-refractivity contribution in [3.05, 3.63) is 47.0 Å². The van der Waals surface area contributed by atoms with Crippen LogP contribution < -0.4 is 10.1 Å². The number of halogens is 1. The van der Waals surface area contributed by atoms with Crippen LogP contribution >= 0.6 is 0 Å². The van der Waals surface area contributed by atoms with Gasteiger partial charge in [0.2, 0.25) is 0 Å². The van der Waals surface area contributed by atoms with Crippen molar-refractivity contribution < 1.29 is 9.13 Å². The molecular weight excluding hydrogens is 269 g/mol. The van der Waals surface area contributed by atoms with Crippen molar-refractivity contribution >= 4 is 0 Å². The molecule has 2 heterocycles. The molecule has 4 nitrogen and oxygen atoms in total. The first kappa shape index (κ1) is 14.1. The van der Waals surface area contributed by atoms with Gasteiger partial charge in [-0.2, -0.15) is 5.10 Å². The number of fused-ring (bicyclic) bond motifs is 1. The van der Waals surface area contributed by atoms with Crippen molar-refractivity contribution in [2.75, 3.05) is 6.54 Å². The summed E-state index contributed by atoms with van der Waals surface area (Å²) in [7, 11) is 1.90. The molecule has 3 rings (SSSR count). The molecule has 1 N–H and O–H groups in total. The fourth-order valence-electron chi connectivity index (χ4n) is 3.00. The number of benzene rings is 1. The smallest absolute Gasteiger partial charge is 0.129 e. The summed E-state index contributed by atoms with van der Waals surface area (Å²) in [5.41, 5.74) is 3.05. The Morgan fingerprint density at radius 3 is 2.90 bits per heavy atom. The average Bonchev–Trinajstić information content (AvgIpc) is 2.77. The summed E-state index contributed by atoms with van der Waals surface area (Å²) in [6, 6.07) is 4.94. The third-order valence-electron chi connectivity index (χ3n) is 3.92. The number of aromatic nitrogens is 2. The highest BCUT2D eigenvalue weighted by Crippen LogP contribution is 2.41. The van der Waals surface area contributed by atoms with Gasteiger partial charge in [-0.25, -0.2) is 4.39 Å². The van der Waals surface area contributed by atoms with E-state index in [0.29, 0.717) is 5.75 Å². The second-order valence-electron chi connectivity index (χ2n) is 5.48. The zero-order valence-corrected chi connectivity index (χ0v) is 12.6. The SMILES string of the molecule is CCNC1CC(c2cn(C)nc2C)Oc2cc(F)ccc21. The van der Waals surface area contributed by atoms with E-state index in [1.54, 1.807) is 4.68 Å². The molecule has 1 aromatic heterocycles. The number of ether oxygens (including phenoxy) is 1. The standard InChI is InChI=1S/C16H20FN3O/c1-4-18-14-8-16(13-9-20(3)19-10(13)2)21-15-7-11(17)5-6-12(14)15/h5-7,9,14,16,18H,4,8H2,1-3H3. The van der Waals surface area contributed by atoms with E-state index in [1.807, 2.05) is 26.2 Å². The molecule has 1 aliphatic heterocycles. The molecule has 5 heteroatoms. The summed E-state index contributed by atoms with van der Waals surface area (Å²) in [6.45, 7) is 4.91.